The lowest BCUT2D eigenvalue weighted by molar-refractivity contribution is 0.493. The predicted molar refractivity (Wildman–Crippen MR) is 75.6 cm³/mol. The van der Waals surface area contributed by atoms with Crippen LogP contribution in [0.3, 0.4) is 0 Å². The zero-order valence-electron chi connectivity index (χ0n) is 10.9. The first-order valence-corrected chi connectivity index (χ1v) is 6.56. The largest absolute Gasteiger partial charge is 0.304 e. The number of hydrogen-bond donors (Lipinski definition) is 1. The van der Waals surface area contributed by atoms with Gasteiger partial charge in [-0.3, -0.25) is 4.98 Å². The van der Waals surface area contributed by atoms with Crippen molar-refractivity contribution in [2.75, 3.05) is 0 Å². The lowest BCUT2D eigenvalue weighted by Gasteiger charge is -2.21. The van der Waals surface area contributed by atoms with E-state index in [-0.39, 0.29) is 17.9 Å². The fourth-order valence-corrected chi connectivity index (χ4v) is 2.38. The molecule has 2 rings (SSSR count). The molecule has 0 bridgehead atoms. The maximum Gasteiger partial charge on any atom is 0.124 e. The first-order chi connectivity index (χ1) is 9.08. The van der Waals surface area contributed by atoms with Gasteiger partial charge in [0.25, 0.3) is 0 Å². The Kier molecular flexibility index (Phi) is 4.51. The second-order valence-electron chi connectivity index (χ2n) is 4.56. The Bertz CT molecular complexity index is 545. The fourth-order valence-electron chi connectivity index (χ4n) is 2.05. The summed E-state index contributed by atoms with van der Waals surface area (Å²) in [6, 6.07) is 8.57. The molecule has 1 aromatic carbocycles. The van der Waals surface area contributed by atoms with Gasteiger partial charge in [0.15, 0.2) is 0 Å². The van der Waals surface area contributed by atoms with Gasteiger partial charge in [-0.1, -0.05) is 23.7 Å². The SMILES string of the molecule is CC(N[C@@H](C)c1cccnc1)c1ccc(F)cc1Cl. The lowest BCUT2D eigenvalue weighted by Crippen LogP contribution is -2.22. The smallest absolute Gasteiger partial charge is 0.124 e. The number of nitrogens with zero attached hydrogens (tertiary/aromatic N) is 1. The number of nitrogens with one attached hydrogen (secondary N) is 1. The predicted octanol–water partition coefficient (Wildman–Crippen LogP) is 4.29. The number of pyridine rings is 1. The molecule has 0 saturated heterocycles. The van der Waals surface area contributed by atoms with Crippen molar-refractivity contribution < 1.29 is 4.39 Å². The van der Waals surface area contributed by atoms with Crippen molar-refractivity contribution in [3.8, 4) is 0 Å². The van der Waals surface area contributed by atoms with Crippen LogP contribution in [0.5, 0.6) is 0 Å². The van der Waals surface area contributed by atoms with Crippen LogP contribution in [0.4, 0.5) is 4.39 Å². The van der Waals surface area contributed by atoms with Gasteiger partial charge in [0.2, 0.25) is 0 Å². The molecule has 2 atom stereocenters. The van der Waals surface area contributed by atoms with E-state index in [0.29, 0.717) is 5.02 Å². The van der Waals surface area contributed by atoms with Gasteiger partial charge in [0.1, 0.15) is 5.82 Å². The molecule has 4 heteroatoms. The standard InChI is InChI=1S/C15H16ClFN2/c1-10(12-4-3-7-18-9-12)19-11(2)14-6-5-13(17)8-15(14)16/h3-11,19H,1-2H3/t10-,11?/m0/s1. The fraction of sp³-hybridized carbons (Fsp3) is 0.267. The summed E-state index contributed by atoms with van der Waals surface area (Å²) < 4.78 is 13.0. The Morgan fingerprint density at radius 2 is 2.00 bits per heavy atom. The van der Waals surface area contributed by atoms with E-state index in [9.17, 15) is 4.39 Å². The maximum absolute atomic E-state index is 13.0. The van der Waals surface area contributed by atoms with Gasteiger partial charge >= 0.3 is 0 Å². The molecule has 19 heavy (non-hydrogen) atoms. The van der Waals surface area contributed by atoms with Crippen molar-refractivity contribution in [2.45, 2.75) is 25.9 Å². The van der Waals surface area contributed by atoms with Gasteiger partial charge in [0, 0.05) is 29.5 Å². The van der Waals surface area contributed by atoms with Crippen LogP contribution >= 0.6 is 11.6 Å². The Morgan fingerprint density at radius 1 is 1.21 bits per heavy atom. The van der Waals surface area contributed by atoms with Crippen LogP contribution in [0.25, 0.3) is 0 Å². The number of rotatable bonds is 4. The number of hydrogen-bond acceptors (Lipinski definition) is 2. The molecule has 0 spiro atoms. The number of halogens is 2. The third kappa shape index (κ3) is 3.52. The molecule has 0 aliphatic rings. The third-order valence-corrected chi connectivity index (χ3v) is 3.44. The van der Waals surface area contributed by atoms with Crippen LogP contribution in [0.1, 0.15) is 37.1 Å². The third-order valence-electron chi connectivity index (χ3n) is 3.11. The molecule has 2 nitrogen and oxygen atoms in total. The summed E-state index contributed by atoms with van der Waals surface area (Å²) in [7, 11) is 0. The summed E-state index contributed by atoms with van der Waals surface area (Å²) in [4.78, 5) is 4.10. The Balaban J connectivity index is 2.10. The highest BCUT2D eigenvalue weighted by Gasteiger charge is 2.14. The van der Waals surface area contributed by atoms with Crippen molar-refractivity contribution in [2.24, 2.45) is 0 Å². The second-order valence-corrected chi connectivity index (χ2v) is 4.97. The molecule has 0 amide bonds. The number of benzene rings is 1. The van der Waals surface area contributed by atoms with Gasteiger partial charge < -0.3 is 5.32 Å². The van der Waals surface area contributed by atoms with Gasteiger partial charge in [-0.05, 0) is 43.2 Å². The Labute approximate surface area is 117 Å². The van der Waals surface area contributed by atoms with Crippen molar-refractivity contribution >= 4 is 11.6 Å². The lowest BCUT2D eigenvalue weighted by atomic mass is 10.1. The first kappa shape index (κ1) is 14.0. The summed E-state index contributed by atoms with van der Waals surface area (Å²) in [5.74, 6) is -0.318. The molecule has 0 fully saturated rings. The minimum Gasteiger partial charge on any atom is -0.304 e. The zero-order chi connectivity index (χ0) is 13.8. The van der Waals surface area contributed by atoms with E-state index < -0.39 is 0 Å². The monoisotopic (exact) mass is 278 g/mol. The minimum atomic E-state index is -0.318. The van der Waals surface area contributed by atoms with Crippen LogP contribution in [0.15, 0.2) is 42.7 Å². The van der Waals surface area contributed by atoms with E-state index >= 15 is 0 Å². The molecule has 100 valence electrons. The van der Waals surface area contributed by atoms with Crippen molar-refractivity contribution in [3.05, 3.63) is 64.7 Å². The first-order valence-electron chi connectivity index (χ1n) is 6.19. The van der Waals surface area contributed by atoms with Crippen molar-refractivity contribution in [3.63, 3.8) is 0 Å². The summed E-state index contributed by atoms with van der Waals surface area (Å²) in [6.07, 6.45) is 3.58. The molecule has 0 aliphatic heterocycles. The molecule has 1 heterocycles. The topological polar surface area (TPSA) is 24.9 Å². The molecular formula is C15H16ClFN2. The zero-order valence-corrected chi connectivity index (χ0v) is 11.7. The van der Waals surface area contributed by atoms with Gasteiger partial charge in [-0.25, -0.2) is 4.39 Å². The average Bonchev–Trinajstić information content (AvgIpc) is 2.39. The summed E-state index contributed by atoms with van der Waals surface area (Å²) in [5, 5.41) is 3.87. The highest BCUT2D eigenvalue weighted by molar-refractivity contribution is 6.31. The Hall–Kier alpha value is -1.45. The highest BCUT2D eigenvalue weighted by atomic mass is 35.5. The van der Waals surface area contributed by atoms with Gasteiger partial charge in [-0.2, -0.15) is 0 Å². The van der Waals surface area contributed by atoms with E-state index in [1.54, 1.807) is 12.3 Å². The molecule has 1 aromatic heterocycles. The van der Waals surface area contributed by atoms with E-state index in [4.69, 9.17) is 11.6 Å². The van der Waals surface area contributed by atoms with Crippen molar-refractivity contribution in [1.82, 2.24) is 10.3 Å². The molecule has 0 radical (unpaired) electrons. The quantitative estimate of drug-likeness (QED) is 0.903. The average molecular weight is 279 g/mol. The molecule has 1 N–H and O–H groups in total. The van der Waals surface area contributed by atoms with Crippen LogP contribution in [0.2, 0.25) is 5.02 Å². The van der Waals surface area contributed by atoms with Gasteiger partial charge in [0.05, 0.1) is 0 Å². The van der Waals surface area contributed by atoms with Crippen LogP contribution < -0.4 is 5.32 Å². The van der Waals surface area contributed by atoms with E-state index in [1.165, 1.54) is 12.1 Å². The van der Waals surface area contributed by atoms with E-state index in [2.05, 4.69) is 17.2 Å². The van der Waals surface area contributed by atoms with E-state index in [1.807, 2.05) is 25.3 Å². The van der Waals surface area contributed by atoms with Crippen LogP contribution in [-0.2, 0) is 0 Å². The highest BCUT2D eigenvalue weighted by Crippen LogP contribution is 2.25. The molecule has 0 saturated carbocycles. The normalized spacial score (nSPS) is 14.1. The Morgan fingerprint density at radius 3 is 2.63 bits per heavy atom. The van der Waals surface area contributed by atoms with E-state index in [0.717, 1.165) is 11.1 Å². The molecular weight excluding hydrogens is 263 g/mol. The van der Waals surface area contributed by atoms with Gasteiger partial charge in [-0.15, -0.1) is 0 Å². The van der Waals surface area contributed by atoms with Crippen LogP contribution in [0, 0.1) is 5.82 Å². The summed E-state index contributed by atoms with van der Waals surface area (Å²) in [6.45, 7) is 4.07. The van der Waals surface area contributed by atoms with Crippen molar-refractivity contribution in [1.29, 1.82) is 0 Å². The molecule has 0 aliphatic carbocycles. The summed E-state index contributed by atoms with van der Waals surface area (Å²) >= 11 is 6.06. The number of aromatic nitrogens is 1. The second kappa shape index (κ2) is 6.13. The minimum absolute atomic E-state index is 0.0308. The maximum atomic E-state index is 13.0. The molecule has 2 aromatic rings. The summed E-state index contributed by atoms with van der Waals surface area (Å²) in [5.41, 5.74) is 1.99. The van der Waals surface area contributed by atoms with Crippen LogP contribution in [-0.4, -0.2) is 4.98 Å². The molecule has 1 unspecified atom stereocenters.